The van der Waals surface area contributed by atoms with Crippen LogP contribution < -0.4 is 0 Å². The van der Waals surface area contributed by atoms with Crippen LogP contribution in [0.1, 0.15) is 24.4 Å². The summed E-state index contributed by atoms with van der Waals surface area (Å²) in [5.74, 6) is 2.57. The molecule has 6 nitrogen and oxygen atoms in total. The van der Waals surface area contributed by atoms with Gasteiger partial charge in [-0.2, -0.15) is 17.8 Å². The van der Waals surface area contributed by atoms with Crippen LogP contribution in [0.4, 0.5) is 13.2 Å². The highest BCUT2D eigenvalue weighted by molar-refractivity contribution is 7.99. The van der Waals surface area contributed by atoms with Crippen LogP contribution in [0.25, 0.3) is 22.4 Å². The van der Waals surface area contributed by atoms with Crippen molar-refractivity contribution in [1.29, 1.82) is 0 Å². The number of carbonyl (C=O) groups excluding carboxylic acids is 1. The van der Waals surface area contributed by atoms with Crippen molar-refractivity contribution >= 4 is 28.7 Å². The van der Waals surface area contributed by atoms with E-state index < -0.39 is 11.7 Å². The summed E-state index contributed by atoms with van der Waals surface area (Å²) >= 11 is 1.79. The summed E-state index contributed by atoms with van der Waals surface area (Å²) in [5, 5.41) is 2.42. The third kappa shape index (κ3) is 4.20. The molecular weight excluding hydrogens is 535 g/mol. The van der Waals surface area contributed by atoms with E-state index in [4.69, 9.17) is 4.98 Å². The van der Waals surface area contributed by atoms with Crippen molar-refractivity contribution in [1.82, 2.24) is 19.5 Å². The zero-order valence-electron chi connectivity index (χ0n) is 21.8. The number of hydrogen-bond donors (Lipinski definition) is 0. The Balaban J connectivity index is 1.16. The second-order valence-corrected chi connectivity index (χ2v) is 11.8. The summed E-state index contributed by atoms with van der Waals surface area (Å²) < 4.78 is 43.1. The number of quaternary nitrogens is 1. The fraction of sp³-hybridized carbons (Fsp3) is 0.333. The second kappa shape index (κ2) is 9.64. The fourth-order valence-electron chi connectivity index (χ4n) is 6.45. The van der Waals surface area contributed by atoms with Crippen LogP contribution in [-0.4, -0.2) is 67.8 Å². The Morgan fingerprint density at radius 2 is 1.85 bits per heavy atom. The van der Waals surface area contributed by atoms with Crippen LogP contribution in [0.15, 0.2) is 84.2 Å². The molecule has 2 saturated heterocycles. The molecule has 5 heterocycles. The molecule has 0 saturated carbocycles. The van der Waals surface area contributed by atoms with Gasteiger partial charge in [0, 0.05) is 36.1 Å². The predicted molar refractivity (Wildman–Crippen MR) is 149 cm³/mol. The Bertz CT molecular complexity index is 1560. The lowest BCUT2D eigenvalue weighted by atomic mass is 10.0. The van der Waals surface area contributed by atoms with E-state index >= 15 is 0 Å². The van der Waals surface area contributed by atoms with Crippen LogP contribution in [0.5, 0.6) is 0 Å². The van der Waals surface area contributed by atoms with E-state index in [1.165, 1.54) is 0 Å². The zero-order chi connectivity index (χ0) is 27.5. The predicted octanol–water partition coefficient (Wildman–Crippen LogP) is 5.97. The lowest BCUT2D eigenvalue weighted by molar-refractivity contribution is -0.949. The van der Waals surface area contributed by atoms with Gasteiger partial charge in [0.25, 0.3) is 5.91 Å². The van der Waals surface area contributed by atoms with Crippen molar-refractivity contribution in [2.75, 3.05) is 37.8 Å². The maximum atomic E-state index is 13.5. The summed E-state index contributed by atoms with van der Waals surface area (Å²) in [4.78, 5) is 19.8. The number of carbonyl (C=O) groups is 1. The maximum Gasteiger partial charge on any atom is 0.416 e. The minimum Gasteiger partial charge on any atom is -0.329 e. The first-order chi connectivity index (χ1) is 19.3. The number of amides is 1. The van der Waals surface area contributed by atoms with E-state index in [2.05, 4.69) is 34.0 Å². The normalized spacial score (nSPS) is 23.6. The fourth-order valence-corrected chi connectivity index (χ4v) is 7.40. The molecule has 0 radical (unpaired) electrons. The third-order valence-corrected chi connectivity index (χ3v) is 9.42. The molecule has 0 N–H and O–H groups in total. The number of thioether (sulfide) groups is 1. The summed E-state index contributed by atoms with van der Waals surface area (Å²) in [7, 11) is 0. The lowest BCUT2D eigenvalue weighted by Crippen LogP contribution is -2.56. The van der Waals surface area contributed by atoms with E-state index in [1.54, 1.807) is 17.8 Å². The molecule has 40 heavy (non-hydrogen) atoms. The van der Waals surface area contributed by atoms with Crippen LogP contribution in [0.2, 0.25) is 0 Å². The van der Waals surface area contributed by atoms with Gasteiger partial charge < -0.3 is 9.47 Å². The monoisotopic (exact) mass is 564 g/mol. The summed E-state index contributed by atoms with van der Waals surface area (Å²) in [5.41, 5.74) is 3.25. The minimum atomic E-state index is -4.42. The van der Waals surface area contributed by atoms with Crippen molar-refractivity contribution in [3.8, 4) is 11.4 Å². The molecule has 0 spiro atoms. The van der Waals surface area contributed by atoms with Gasteiger partial charge in [-0.15, -0.1) is 16.8 Å². The highest BCUT2D eigenvalue weighted by Gasteiger charge is 2.48. The van der Waals surface area contributed by atoms with Crippen LogP contribution in [0, 0.1) is 0 Å². The molecule has 1 aromatic heterocycles. The largest absolute Gasteiger partial charge is 0.416 e. The molecule has 0 aliphatic carbocycles. The molecule has 1 atom stereocenters. The number of benzene rings is 2. The standard InChI is InChI=1S/C30H29F3N5OS/c31-30(32,33)23-8-9-27-26(18-23)34-28(21-5-2-1-3-6-21)37(27)24-10-12-36(13-11-24)38-15-4-7-25(38)17-22(19-38)29(39)35-14-16-40-20-35/h1-9,15,17-18,24H,10-14,16,19-20H2/q+1/t38-/m1/s1. The Hall–Kier alpha value is -3.34. The van der Waals surface area contributed by atoms with Crippen molar-refractivity contribution in [3.63, 3.8) is 0 Å². The number of piperidine rings is 1. The van der Waals surface area contributed by atoms with Gasteiger partial charge in [-0.25, -0.2) is 4.98 Å². The molecule has 4 aliphatic rings. The van der Waals surface area contributed by atoms with Gasteiger partial charge in [-0.05, 0) is 37.1 Å². The number of imidazole rings is 1. The second-order valence-electron chi connectivity index (χ2n) is 10.8. The van der Waals surface area contributed by atoms with Gasteiger partial charge in [-0.3, -0.25) is 4.79 Å². The van der Waals surface area contributed by atoms with Gasteiger partial charge in [-0.1, -0.05) is 30.3 Å². The van der Waals surface area contributed by atoms with Crippen molar-refractivity contribution in [3.05, 3.63) is 89.8 Å². The van der Waals surface area contributed by atoms with E-state index in [-0.39, 0.29) is 11.9 Å². The van der Waals surface area contributed by atoms with Crippen LogP contribution in [-0.2, 0) is 11.0 Å². The van der Waals surface area contributed by atoms with E-state index in [1.807, 2.05) is 35.2 Å². The van der Waals surface area contributed by atoms with Gasteiger partial charge in [0.05, 0.1) is 41.1 Å². The number of halogens is 3. The molecule has 10 heteroatoms. The number of alkyl halides is 3. The summed E-state index contributed by atoms with van der Waals surface area (Å²) in [6, 6.07) is 13.6. The molecule has 7 rings (SSSR count). The zero-order valence-corrected chi connectivity index (χ0v) is 22.7. The molecule has 0 unspecified atom stereocenters. The van der Waals surface area contributed by atoms with Crippen molar-refractivity contribution < 1.29 is 22.6 Å². The number of hydrogen-bond acceptors (Lipinski definition) is 4. The Morgan fingerprint density at radius 1 is 1.05 bits per heavy atom. The number of allylic oxidation sites excluding steroid dienone is 3. The Kier molecular flexibility index (Phi) is 6.17. The van der Waals surface area contributed by atoms with Gasteiger partial charge >= 0.3 is 6.18 Å². The van der Waals surface area contributed by atoms with Crippen molar-refractivity contribution in [2.45, 2.75) is 25.1 Å². The average molecular weight is 565 g/mol. The Labute approximate surface area is 234 Å². The molecule has 2 fully saturated rings. The Morgan fingerprint density at radius 3 is 2.58 bits per heavy atom. The first kappa shape index (κ1) is 25.6. The highest BCUT2D eigenvalue weighted by atomic mass is 32.2. The topological polar surface area (TPSA) is 41.4 Å². The number of fused-ring (bicyclic) bond motifs is 2. The third-order valence-electron chi connectivity index (χ3n) is 8.45. The lowest BCUT2D eigenvalue weighted by Gasteiger charge is -2.43. The highest BCUT2D eigenvalue weighted by Crippen LogP contribution is 2.42. The molecule has 1 amide bonds. The molecule has 0 bridgehead atoms. The molecule has 3 aromatic rings. The van der Waals surface area contributed by atoms with Crippen molar-refractivity contribution in [2.24, 2.45) is 0 Å². The van der Waals surface area contributed by atoms with E-state index in [0.717, 1.165) is 78.6 Å². The maximum absolute atomic E-state index is 13.5. The summed E-state index contributed by atoms with van der Waals surface area (Å²) in [6.07, 6.45) is 5.62. The summed E-state index contributed by atoms with van der Waals surface area (Å²) in [6.45, 7) is 3.00. The van der Waals surface area contributed by atoms with E-state index in [0.29, 0.717) is 22.5 Å². The quantitative estimate of drug-likeness (QED) is 0.366. The SMILES string of the molecule is O=C(C1=CC2=CC=C[N@@+]2(N2CCC(n3c(-c4ccccc4)nc4cc(C(F)(F)F)ccc43)CC2)C1)N1CCSC1. The van der Waals surface area contributed by atoms with Gasteiger partial charge in [0.15, 0.2) is 5.70 Å². The minimum absolute atomic E-state index is 0.0868. The first-order valence-corrected chi connectivity index (χ1v) is 14.7. The molecule has 206 valence electrons. The number of rotatable bonds is 4. The van der Waals surface area contributed by atoms with E-state index in [9.17, 15) is 18.0 Å². The van der Waals surface area contributed by atoms with Crippen LogP contribution in [0.3, 0.4) is 0 Å². The first-order valence-electron chi connectivity index (χ1n) is 13.6. The molecule has 2 aromatic carbocycles. The molecule has 4 aliphatic heterocycles. The average Bonchev–Trinajstić information content (AvgIpc) is 3.75. The molecular formula is C30H29F3N5OS+. The smallest absolute Gasteiger partial charge is 0.329 e. The van der Waals surface area contributed by atoms with Gasteiger partial charge in [0.2, 0.25) is 0 Å². The number of aromatic nitrogens is 2. The number of nitrogens with zero attached hydrogens (tertiary/aromatic N) is 5. The van der Waals surface area contributed by atoms with Gasteiger partial charge in [0.1, 0.15) is 18.6 Å². The van der Waals surface area contributed by atoms with Crippen LogP contribution >= 0.6 is 11.8 Å².